The van der Waals surface area contributed by atoms with Crippen molar-refractivity contribution in [3.05, 3.63) is 70.0 Å². The van der Waals surface area contributed by atoms with Gasteiger partial charge in [0.25, 0.3) is 5.69 Å². The fourth-order valence-electron chi connectivity index (χ4n) is 1.70. The molecule has 2 amide bonds. The number of halogens is 1. The maximum atomic E-state index is 12.7. The fourth-order valence-corrected chi connectivity index (χ4v) is 1.70. The van der Waals surface area contributed by atoms with E-state index in [9.17, 15) is 24.1 Å². The van der Waals surface area contributed by atoms with Crippen molar-refractivity contribution in [2.45, 2.75) is 0 Å². The standard InChI is InChI=1S/C15H11FN4O4/c16-11-5-7-12(8-6-11)18-14(21)15(22)19-17-9-10-3-1-2-4-13(10)20(23)24/h1-9H,(H,18,21)(H,19,22)/b17-9-. The van der Waals surface area contributed by atoms with E-state index in [1.165, 1.54) is 30.3 Å². The highest BCUT2D eigenvalue weighted by Gasteiger charge is 2.14. The smallest absolute Gasteiger partial charge is 0.318 e. The number of benzene rings is 2. The minimum Gasteiger partial charge on any atom is -0.318 e. The average molecular weight is 330 g/mol. The van der Waals surface area contributed by atoms with E-state index < -0.39 is 22.6 Å². The summed E-state index contributed by atoms with van der Waals surface area (Å²) in [6.07, 6.45) is 1.06. The van der Waals surface area contributed by atoms with E-state index in [-0.39, 0.29) is 16.9 Å². The number of rotatable bonds is 4. The molecule has 0 spiro atoms. The summed E-state index contributed by atoms with van der Waals surface area (Å²) in [5.74, 6) is -2.57. The SMILES string of the molecule is O=C(N/N=C\c1ccccc1[N+](=O)[O-])C(=O)Nc1ccc(F)cc1. The molecule has 122 valence electrons. The second-order valence-corrected chi connectivity index (χ2v) is 4.48. The van der Waals surface area contributed by atoms with Gasteiger partial charge in [-0.1, -0.05) is 12.1 Å². The maximum absolute atomic E-state index is 12.7. The fraction of sp³-hybridized carbons (Fsp3) is 0. The number of nitro groups is 1. The topological polar surface area (TPSA) is 114 Å². The van der Waals surface area contributed by atoms with Gasteiger partial charge in [0.2, 0.25) is 0 Å². The molecule has 0 atom stereocenters. The predicted octanol–water partition coefficient (Wildman–Crippen LogP) is 1.82. The molecular formula is C15H11FN4O4. The van der Waals surface area contributed by atoms with Crippen molar-refractivity contribution >= 4 is 29.4 Å². The van der Waals surface area contributed by atoms with Crippen LogP contribution in [0.25, 0.3) is 0 Å². The second-order valence-electron chi connectivity index (χ2n) is 4.48. The van der Waals surface area contributed by atoms with Crippen LogP contribution in [0.5, 0.6) is 0 Å². The van der Waals surface area contributed by atoms with Crippen LogP contribution in [0, 0.1) is 15.9 Å². The highest BCUT2D eigenvalue weighted by molar-refractivity contribution is 6.39. The number of hydrazone groups is 1. The Morgan fingerprint density at radius 1 is 1.08 bits per heavy atom. The number of nitrogens with one attached hydrogen (secondary N) is 2. The minimum atomic E-state index is -1.07. The Hall–Kier alpha value is -3.62. The van der Waals surface area contributed by atoms with Crippen LogP contribution in [0.3, 0.4) is 0 Å². The molecule has 0 saturated carbocycles. The third-order valence-electron chi connectivity index (χ3n) is 2.81. The Balaban J connectivity index is 1.96. The van der Waals surface area contributed by atoms with Crippen LogP contribution in [-0.2, 0) is 9.59 Å². The van der Waals surface area contributed by atoms with Gasteiger partial charge < -0.3 is 5.32 Å². The van der Waals surface area contributed by atoms with Crippen LogP contribution >= 0.6 is 0 Å². The molecule has 0 unspecified atom stereocenters. The summed E-state index contributed by atoms with van der Waals surface area (Å²) in [4.78, 5) is 33.4. The highest BCUT2D eigenvalue weighted by Crippen LogP contribution is 2.15. The number of carbonyl (C=O) groups excluding carboxylic acids is 2. The van der Waals surface area contributed by atoms with Gasteiger partial charge in [0.05, 0.1) is 16.7 Å². The monoisotopic (exact) mass is 330 g/mol. The molecule has 0 aliphatic rings. The van der Waals surface area contributed by atoms with Crippen LogP contribution in [-0.4, -0.2) is 23.0 Å². The van der Waals surface area contributed by atoms with Crippen molar-refractivity contribution in [3.8, 4) is 0 Å². The zero-order valence-corrected chi connectivity index (χ0v) is 12.1. The summed E-state index contributed by atoms with van der Waals surface area (Å²) in [5.41, 5.74) is 2.17. The van der Waals surface area contributed by atoms with Crippen LogP contribution in [0.4, 0.5) is 15.8 Å². The van der Waals surface area contributed by atoms with Gasteiger partial charge in [-0.3, -0.25) is 19.7 Å². The van der Waals surface area contributed by atoms with Gasteiger partial charge in [-0.25, -0.2) is 9.82 Å². The first kappa shape index (κ1) is 16.7. The van der Waals surface area contributed by atoms with Crippen molar-refractivity contribution in [2.75, 3.05) is 5.32 Å². The molecule has 2 rings (SSSR count). The van der Waals surface area contributed by atoms with Crippen LogP contribution in [0.1, 0.15) is 5.56 Å². The van der Waals surface area contributed by atoms with Crippen molar-refractivity contribution < 1.29 is 18.9 Å². The maximum Gasteiger partial charge on any atom is 0.329 e. The van der Waals surface area contributed by atoms with E-state index in [2.05, 4.69) is 10.4 Å². The van der Waals surface area contributed by atoms with Gasteiger partial charge in [0, 0.05) is 11.8 Å². The van der Waals surface area contributed by atoms with E-state index in [1.54, 1.807) is 6.07 Å². The number of hydrogen-bond donors (Lipinski definition) is 2. The molecular weight excluding hydrogens is 319 g/mol. The quantitative estimate of drug-likeness (QED) is 0.385. The van der Waals surface area contributed by atoms with Gasteiger partial charge in [-0.2, -0.15) is 5.10 Å². The van der Waals surface area contributed by atoms with Crippen molar-refractivity contribution in [1.29, 1.82) is 0 Å². The molecule has 9 heteroatoms. The van der Waals surface area contributed by atoms with E-state index in [0.29, 0.717) is 0 Å². The summed E-state index contributed by atoms with van der Waals surface area (Å²) in [5, 5.41) is 16.6. The average Bonchev–Trinajstić information content (AvgIpc) is 2.57. The lowest BCUT2D eigenvalue weighted by atomic mass is 10.2. The molecule has 0 fully saturated rings. The highest BCUT2D eigenvalue weighted by atomic mass is 19.1. The molecule has 2 aromatic carbocycles. The first-order valence-electron chi connectivity index (χ1n) is 6.61. The summed E-state index contributed by atoms with van der Waals surface area (Å²) < 4.78 is 12.7. The molecule has 0 aliphatic carbocycles. The summed E-state index contributed by atoms with van der Waals surface area (Å²) in [6, 6.07) is 10.6. The lowest BCUT2D eigenvalue weighted by molar-refractivity contribution is -0.385. The first-order valence-corrected chi connectivity index (χ1v) is 6.61. The minimum absolute atomic E-state index is 0.168. The Morgan fingerprint density at radius 2 is 1.75 bits per heavy atom. The molecule has 0 radical (unpaired) electrons. The van der Waals surface area contributed by atoms with Crippen LogP contribution in [0.2, 0.25) is 0 Å². The molecule has 24 heavy (non-hydrogen) atoms. The molecule has 0 bridgehead atoms. The van der Waals surface area contributed by atoms with Crippen molar-refractivity contribution in [2.24, 2.45) is 5.10 Å². The third-order valence-corrected chi connectivity index (χ3v) is 2.81. The largest absolute Gasteiger partial charge is 0.329 e. The second kappa shape index (κ2) is 7.58. The number of hydrogen-bond acceptors (Lipinski definition) is 5. The van der Waals surface area contributed by atoms with Gasteiger partial charge in [0.1, 0.15) is 5.82 Å². The van der Waals surface area contributed by atoms with Crippen molar-refractivity contribution in [3.63, 3.8) is 0 Å². The Labute approximate surface area is 135 Å². The number of nitro benzene ring substituents is 1. The molecule has 2 aromatic rings. The first-order chi connectivity index (χ1) is 11.5. The molecule has 8 nitrogen and oxygen atoms in total. The third kappa shape index (κ3) is 4.44. The predicted molar refractivity (Wildman–Crippen MR) is 83.9 cm³/mol. The van der Waals surface area contributed by atoms with E-state index in [1.807, 2.05) is 5.43 Å². The zero-order chi connectivity index (χ0) is 17.5. The molecule has 2 N–H and O–H groups in total. The van der Waals surface area contributed by atoms with Gasteiger partial charge in [-0.05, 0) is 30.3 Å². The van der Waals surface area contributed by atoms with Gasteiger partial charge in [-0.15, -0.1) is 0 Å². The van der Waals surface area contributed by atoms with E-state index in [0.717, 1.165) is 18.3 Å². The molecule has 0 heterocycles. The lowest BCUT2D eigenvalue weighted by Gasteiger charge is -2.03. The van der Waals surface area contributed by atoms with Gasteiger partial charge in [0.15, 0.2) is 0 Å². The summed E-state index contributed by atoms with van der Waals surface area (Å²) in [6.45, 7) is 0. The van der Waals surface area contributed by atoms with E-state index in [4.69, 9.17) is 0 Å². The molecule has 0 saturated heterocycles. The summed E-state index contributed by atoms with van der Waals surface area (Å²) >= 11 is 0. The van der Waals surface area contributed by atoms with E-state index >= 15 is 0 Å². The zero-order valence-electron chi connectivity index (χ0n) is 12.1. The summed E-state index contributed by atoms with van der Waals surface area (Å²) in [7, 11) is 0. The number of anilines is 1. The Bertz CT molecular complexity index is 805. The van der Waals surface area contributed by atoms with Crippen molar-refractivity contribution in [1.82, 2.24) is 5.43 Å². The number of carbonyl (C=O) groups is 2. The number of amides is 2. The van der Waals surface area contributed by atoms with Crippen LogP contribution < -0.4 is 10.7 Å². The molecule has 0 aromatic heterocycles. The normalized spacial score (nSPS) is 10.4. The molecule has 0 aliphatic heterocycles. The lowest BCUT2D eigenvalue weighted by Crippen LogP contribution is -2.32. The van der Waals surface area contributed by atoms with Crippen LogP contribution in [0.15, 0.2) is 53.6 Å². The number of para-hydroxylation sites is 1. The number of nitrogens with zero attached hydrogens (tertiary/aromatic N) is 2. The van der Waals surface area contributed by atoms with Gasteiger partial charge >= 0.3 is 11.8 Å². The Kier molecular flexibility index (Phi) is 5.29. The Morgan fingerprint density at radius 3 is 2.42 bits per heavy atom.